The van der Waals surface area contributed by atoms with Gasteiger partial charge in [0.1, 0.15) is 10.7 Å². The van der Waals surface area contributed by atoms with Crippen LogP contribution in [0.3, 0.4) is 0 Å². The predicted molar refractivity (Wildman–Crippen MR) is 91.3 cm³/mol. The quantitative estimate of drug-likeness (QED) is 0.777. The normalized spacial score (nSPS) is 10.2. The molecule has 6 heteroatoms. The zero-order valence-corrected chi connectivity index (χ0v) is 13.8. The molecule has 0 radical (unpaired) electrons. The van der Waals surface area contributed by atoms with Crippen LogP contribution in [0.15, 0.2) is 40.9 Å². The SMILES string of the molecule is COc1cc(Nc2cccc(Cl)c2C(N)=S)ccc1Br. The molecule has 0 heterocycles. The van der Waals surface area contributed by atoms with Crippen molar-refractivity contribution in [1.29, 1.82) is 0 Å². The first-order valence-electron chi connectivity index (χ1n) is 5.72. The van der Waals surface area contributed by atoms with Gasteiger partial charge in [-0.25, -0.2) is 0 Å². The number of halogens is 2. The standard InChI is InChI=1S/C14H12BrClN2OS/c1-19-12-7-8(5-6-9(12)15)18-11-4-2-3-10(16)13(11)14(17)20/h2-7,18H,1H3,(H2,17,20). The van der Waals surface area contributed by atoms with E-state index in [2.05, 4.69) is 21.2 Å². The van der Waals surface area contributed by atoms with Crippen LogP contribution in [0, 0.1) is 0 Å². The second-order valence-corrected chi connectivity index (χ2v) is 5.70. The molecule has 20 heavy (non-hydrogen) atoms. The van der Waals surface area contributed by atoms with E-state index in [4.69, 9.17) is 34.3 Å². The van der Waals surface area contributed by atoms with E-state index in [0.29, 0.717) is 10.6 Å². The number of rotatable bonds is 4. The Bertz CT molecular complexity index is 664. The molecule has 0 saturated carbocycles. The van der Waals surface area contributed by atoms with E-state index in [9.17, 15) is 0 Å². The van der Waals surface area contributed by atoms with Gasteiger partial charge in [-0.3, -0.25) is 0 Å². The number of nitrogens with two attached hydrogens (primary N) is 1. The highest BCUT2D eigenvalue weighted by Gasteiger charge is 2.10. The highest BCUT2D eigenvalue weighted by molar-refractivity contribution is 9.10. The minimum Gasteiger partial charge on any atom is -0.495 e. The Morgan fingerprint density at radius 2 is 2.10 bits per heavy atom. The molecule has 104 valence electrons. The first-order chi connectivity index (χ1) is 9.52. The molecule has 0 aliphatic heterocycles. The molecule has 0 aliphatic rings. The number of anilines is 2. The number of thiocarbonyl (C=S) groups is 1. The number of nitrogens with one attached hydrogen (secondary N) is 1. The van der Waals surface area contributed by atoms with Crippen LogP contribution in [0.5, 0.6) is 5.75 Å². The summed E-state index contributed by atoms with van der Waals surface area (Å²) in [5.41, 5.74) is 7.97. The molecule has 2 aromatic carbocycles. The van der Waals surface area contributed by atoms with Crippen molar-refractivity contribution in [2.45, 2.75) is 0 Å². The summed E-state index contributed by atoms with van der Waals surface area (Å²) in [4.78, 5) is 0.252. The fourth-order valence-electron chi connectivity index (χ4n) is 1.77. The Labute approximate surface area is 136 Å². The Balaban J connectivity index is 2.40. The van der Waals surface area contributed by atoms with Gasteiger partial charge in [-0.1, -0.05) is 29.9 Å². The number of hydrogen-bond acceptors (Lipinski definition) is 3. The van der Waals surface area contributed by atoms with E-state index < -0.39 is 0 Å². The summed E-state index contributed by atoms with van der Waals surface area (Å²) >= 11 is 14.6. The van der Waals surface area contributed by atoms with Gasteiger partial charge < -0.3 is 15.8 Å². The van der Waals surface area contributed by atoms with Crippen LogP contribution in [0.2, 0.25) is 5.02 Å². The summed E-state index contributed by atoms with van der Waals surface area (Å²) in [6.45, 7) is 0. The predicted octanol–water partition coefficient (Wildman–Crippen LogP) is 4.49. The van der Waals surface area contributed by atoms with E-state index in [0.717, 1.165) is 21.6 Å². The summed E-state index contributed by atoms with van der Waals surface area (Å²) in [7, 11) is 1.61. The molecule has 0 unspecified atom stereocenters. The minimum atomic E-state index is 0.252. The van der Waals surface area contributed by atoms with Gasteiger partial charge in [0.25, 0.3) is 0 Å². The fourth-order valence-corrected chi connectivity index (χ4v) is 2.73. The zero-order chi connectivity index (χ0) is 14.7. The van der Waals surface area contributed by atoms with Gasteiger partial charge in [-0.05, 0) is 40.2 Å². The van der Waals surface area contributed by atoms with E-state index >= 15 is 0 Å². The van der Waals surface area contributed by atoms with Crippen LogP contribution in [-0.4, -0.2) is 12.1 Å². The van der Waals surface area contributed by atoms with Crippen LogP contribution in [0.4, 0.5) is 11.4 Å². The zero-order valence-electron chi connectivity index (χ0n) is 10.6. The molecule has 0 aromatic heterocycles. The highest BCUT2D eigenvalue weighted by atomic mass is 79.9. The summed E-state index contributed by atoms with van der Waals surface area (Å²) < 4.78 is 6.14. The molecule has 3 nitrogen and oxygen atoms in total. The van der Waals surface area contributed by atoms with Crippen molar-refractivity contribution in [1.82, 2.24) is 0 Å². The number of methoxy groups -OCH3 is 1. The summed E-state index contributed by atoms with van der Waals surface area (Å²) in [5.74, 6) is 0.730. The van der Waals surface area contributed by atoms with E-state index in [-0.39, 0.29) is 4.99 Å². The van der Waals surface area contributed by atoms with Crippen LogP contribution in [0.1, 0.15) is 5.56 Å². The van der Waals surface area contributed by atoms with Gasteiger partial charge in [0.15, 0.2) is 0 Å². The van der Waals surface area contributed by atoms with Crippen LogP contribution >= 0.6 is 39.7 Å². The van der Waals surface area contributed by atoms with Crippen LogP contribution < -0.4 is 15.8 Å². The second-order valence-electron chi connectivity index (χ2n) is 4.00. The topological polar surface area (TPSA) is 47.3 Å². The van der Waals surface area contributed by atoms with Gasteiger partial charge in [0.2, 0.25) is 0 Å². The van der Waals surface area contributed by atoms with Crippen molar-refractivity contribution in [3.05, 3.63) is 51.5 Å². The van der Waals surface area contributed by atoms with E-state index in [1.807, 2.05) is 30.3 Å². The van der Waals surface area contributed by atoms with Crippen molar-refractivity contribution in [3.63, 3.8) is 0 Å². The Kier molecular flexibility index (Phi) is 4.86. The maximum atomic E-state index is 6.13. The van der Waals surface area contributed by atoms with Crippen molar-refractivity contribution < 1.29 is 4.74 Å². The molecule has 0 aliphatic carbocycles. The van der Waals surface area contributed by atoms with Crippen molar-refractivity contribution in [2.24, 2.45) is 5.73 Å². The Hall–Kier alpha value is -1.30. The van der Waals surface area contributed by atoms with E-state index in [1.165, 1.54) is 0 Å². The molecule has 0 amide bonds. The third-order valence-corrected chi connectivity index (χ3v) is 3.86. The molecular formula is C14H12BrClN2OS. The van der Waals surface area contributed by atoms with Gasteiger partial charge >= 0.3 is 0 Å². The molecule has 3 N–H and O–H groups in total. The van der Waals surface area contributed by atoms with Crippen LogP contribution in [-0.2, 0) is 0 Å². The van der Waals surface area contributed by atoms with Gasteiger partial charge in [-0.2, -0.15) is 0 Å². The highest BCUT2D eigenvalue weighted by Crippen LogP contribution is 2.31. The van der Waals surface area contributed by atoms with Crippen LogP contribution in [0.25, 0.3) is 0 Å². The molecule has 2 aromatic rings. The molecule has 0 atom stereocenters. The fraction of sp³-hybridized carbons (Fsp3) is 0.0714. The van der Waals surface area contributed by atoms with Gasteiger partial charge in [-0.15, -0.1) is 0 Å². The largest absolute Gasteiger partial charge is 0.495 e. The lowest BCUT2D eigenvalue weighted by atomic mass is 10.1. The molecule has 0 saturated heterocycles. The van der Waals surface area contributed by atoms with Crippen molar-refractivity contribution in [3.8, 4) is 5.75 Å². The minimum absolute atomic E-state index is 0.252. The smallest absolute Gasteiger partial charge is 0.135 e. The van der Waals surface area contributed by atoms with Crippen molar-refractivity contribution in [2.75, 3.05) is 12.4 Å². The maximum Gasteiger partial charge on any atom is 0.135 e. The molecule has 0 spiro atoms. The number of hydrogen-bond donors (Lipinski definition) is 2. The summed E-state index contributed by atoms with van der Waals surface area (Å²) in [5, 5.41) is 3.76. The Morgan fingerprint density at radius 3 is 2.75 bits per heavy atom. The number of ether oxygens (including phenoxy) is 1. The lowest BCUT2D eigenvalue weighted by molar-refractivity contribution is 0.412. The van der Waals surface area contributed by atoms with E-state index in [1.54, 1.807) is 13.2 Å². The van der Waals surface area contributed by atoms with Crippen molar-refractivity contribution >= 4 is 56.1 Å². The lowest BCUT2D eigenvalue weighted by Crippen LogP contribution is -2.12. The first-order valence-corrected chi connectivity index (χ1v) is 7.29. The second kappa shape index (κ2) is 6.43. The summed E-state index contributed by atoms with van der Waals surface area (Å²) in [6.07, 6.45) is 0. The average molecular weight is 372 g/mol. The lowest BCUT2D eigenvalue weighted by Gasteiger charge is -2.13. The molecular weight excluding hydrogens is 360 g/mol. The average Bonchev–Trinajstić information content (AvgIpc) is 2.40. The molecule has 2 rings (SSSR count). The number of benzene rings is 2. The maximum absolute atomic E-state index is 6.13. The van der Waals surface area contributed by atoms with Gasteiger partial charge in [0, 0.05) is 11.8 Å². The monoisotopic (exact) mass is 370 g/mol. The molecule has 0 bridgehead atoms. The first kappa shape index (κ1) is 15.1. The Morgan fingerprint density at radius 1 is 1.35 bits per heavy atom. The third kappa shape index (κ3) is 3.23. The summed E-state index contributed by atoms with van der Waals surface area (Å²) in [6, 6.07) is 11.1. The third-order valence-electron chi connectivity index (χ3n) is 2.69. The van der Waals surface area contributed by atoms with Gasteiger partial charge in [0.05, 0.1) is 27.9 Å². The molecule has 0 fully saturated rings.